The van der Waals surface area contributed by atoms with Crippen LogP contribution in [0.4, 0.5) is 0 Å². The van der Waals surface area contributed by atoms with E-state index >= 15 is 0 Å². The van der Waals surface area contributed by atoms with E-state index in [0.29, 0.717) is 24.0 Å². The molecule has 0 aromatic heterocycles. The van der Waals surface area contributed by atoms with Crippen molar-refractivity contribution in [2.24, 2.45) is 16.8 Å². The van der Waals surface area contributed by atoms with E-state index in [1.54, 1.807) is 0 Å². The fourth-order valence-electron chi connectivity index (χ4n) is 2.75. The van der Waals surface area contributed by atoms with Gasteiger partial charge in [-0.05, 0) is 31.6 Å². The Balaban J connectivity index is 2.44. The van der Waals surface area contributed by atoms with Crippen LogP contribution in [0, 0.1) is 11.8 Å². The number of rotatable bonds is 9. The molecule has 2 N–H and O–H groups in total. The van der Waals surface area contributed by atoms with Crippen molar-refractivity contribution in [2.75, 3.05) is 31.1 Å². The van der Waals surface area contributed by atoms with Gasteiger partial charge in [-0.2, -0.15) is 0 Å². The third-order valence-corrected chi connectivity index (χ3v) is 6.12. The van der Waals surface area contributed by atoms with E-state index in [1.165, 1.54) is 19.3 Å². The Morgan fingerprint density at radius 3 is 2.59 bits per heavy atom. The molecule has 0 bridgehead atoms. The van der Waals surface area contributed by atoms with Gasteiger partial charge in [-0.3, -0.25) is 4.99 Å². The highest BCUT2D eigenvalue weighted by Crippen LogP contribution is 2.17. The third-order valence-electron chi connectivity index (χ3n) is 4.28. The topological polar surface area (TPSA) is 70.6 Å². The molecular formula is C16H33N3O2S. The van der Waals surface area contributed by atoms with Gasteiger partial charge in [0, 0.05) is 19.6 Å². The maximum atomic E-state index is 11.5. The van der Waals surface area contributed by atoms with Gasteiger partial charge in [-0.1, -0.05) is 33.1 Å². The zero-order chi connectivity index (χ0) is 16.4. The molecule has 0 saturated carbocycles. The smallest absolute Gasteiger partial charge is 0.191 e. The zero-order valence-electron chi connectivity index (χ0n) is 14.4. The maximum absolute atomic E-state index is 11.5. The van der Waals surface area contributed by atoms with Crippen molar-refractivity contribution in [3.05, 3.63) is 0 Å². The Bertz CT molecular complexity index is 435. The summed E-state index contributed by atoms with van der Waals surface area (Å²) in [6.07, 6.45) is 5.65. The standard InChI is InChI=1S/C16H33N3O2S/c1-4-7-8-14(5-2)11-18-16(17-6-3)19-12-15-9-10-22(20,21)13-15/h14-15H,4-13H2,1-3H3,(H2,17,18,19). The van der Waals surface area contributed by atoms with Crippen molar-refractivity contribution in [3.63, 3.8) is 0 Å². The first-order valence-corrected chi connectivity index (χ1v) is 10.5. The van der Waals surface area contributed by atoms with Crippen LogP contribution in [0.15, 0.2) is 4.99 Å². The highest BCUT2D eigenvalue weighted by atomic mass is 32.2. The van der Waals surface area contributed by atoms with Gasteiger partial charge in [-0.15, -0.1) is 0 Å². The summed E-state index contributed by atoms with van der Waals surface area (Å²) in [5.41, 5.74) is 0. The number of nitrogens with one attached hydrogen (secondary N) is 2. The van der Waals surface area contributed by atoms with E-state index in [-0.39, 0.29) is 5.92 Å². The monoisotopic (exact) mass is 331 g/mol. The molecule has 0 aromatic carbocycles. The van der Waals surface area contributed by atoms with Crippen molar-refractivity contribution in [1.29, 1.82) is 0 Å². The molecule has 5 nitrogen and oxygen atoms in total. The van der Waals surface area contributed by atoms with Crippen LogP contribution in [-0.2, 0) is 9.84 Å². The predicted molar refractivity (Wildman–Crippen MR) is 94.0 cm³/mol. The van der Waals surface area contributed by atoms with Crippen LogP contribution in [0.5, 0.6) is 0 Å². The second kappa shape index (κ2) is 10.1. The summed E-state index contributed by atoms with van der Waals surface area (Å²) in [5, 5.41) is 6.56. The maximum Gasteiger partial charge on any atom is 0.191 e. The molecule has 0 amide bonds. The van der Waals surface area contributed by atoms with Crippen molar-refractivity contribution >= 4 is 15.8 Å². The lowest BCUT2D eigenvalue weighted by molar-refractivity contribution is 0.460. The summed E-state index contributed by atoms with van der Waals surface area (Å²) in [6.45, 7) is 8.84. The highest BCUT2D eigenvalue weighted by molar-refractivity contribution is 7.91. The molecule has 1 aliphatic rings. The molecule has 0 radical (unpaired) electrons. The molecule has 2 atom stereocenters. The van der Waals surface area contributed by atoms with Crippen molar-refractivity contribution < 1.29 is 8.42 Å². The molecule has 6 heteroatoms. The van der Waals surface area contributed by atoms with E-state index in [4.69, 9.17) is 0 Å². The van der Waals surface area contributed by atoms with Crippen molar-refractivity contribution in [2.45, 2.75) is 52.9 Å². The fourth-order valence-corrected chi connectivity index (χ4v) is 4.62. The summed E-state index contributed by atoms with van der Waals surface area (Å²) < 4.78 is 23.0. The first-order valence-electron chi connectivity index (χ1n) is 8.73. The fraction of sp³-hybridized carbons (Fsp3) is 0.938. The second-order valence-electron chi connectivity index (χ2n) is 6.29. The number of sulfone groups is 1. The Morgan fingerprint density at radius 1 is 1.27 bits per heavy atom. The second-order valence-corrected chi connectivity index (χ2v) is 8.51. The Kier molecular flexibility index (Phi) is 8.83. The summed E-state index contributed by atoms with van der Waals surface area (Å²) in [5.74, 6) is 2.33. The van der Waals surface area contributed by atoms with Crippen LogP contribution < -0.4 is 10.6 Å². The molecule has 2 unspecified atom stereocenters. The molecule has 0 aromatic rings. The van der Waals surface area contributed by atoms with Gasteiger partial charge in [0.2, 0.25) is 0 Å². The molecule has 1 heterocycles. The lowest BCUT2D eigenvalue weighted by Gasteiger charge is -2.16. The summed E-state index contributed by atoms with van der Waals surface area (Å²) in [6, 6.07) is 0. The summed E-state index contributed by atoms with van der Waals surface area (Å²) in [7, 11) is -2.80. The average molecular weight is 332 g/mol. The molecular weight excluding hydrogens is 298 g/mol. The first kappa shape index (κ1) is 19.3. The Labute approximate surface area is 136 Å². The van der Waals surface area contributed by atoms with E-state index in [1.807, 2.05) is 6.92 Å². The average Bonchev–Trinajstić information content (AvgIpc) is 2.84. The number of guanidine groups is 1. The number of unbranched alkanes of at least 4 members (excludes halogenated alkanes) is 1. The molecule has 1 aliphatic heterocycles. The molecule has 1 fully saturated rings. The van der Waals surface area contributed by atoms with Gasteiger partial charge >= 0.3 is 0 Å². The van der Waals surface area contributed by atoms with Crippen LogP contribution in [-0.4, -0.2) is 45.5 Å². The predicted octanol–water partition coefficient (Wildman–Crippen LogP) is 2.19. The molecule has 22 heavy (non-hydrogen) atoms. The lowest BCUT2D eigenvalue weighted by atomic mass is 10.00. The highest BCUT2D eigenvalue weighted by Gasteiger charge is 2.27. The van der Waals surface area contributed by atoms with E-state index in [2.05, 4.69) is 29.5 Å². The van der Waals surface area contributed by atoms with E-state index < -0.39 is 9.84 Å². The zero-order valence-corrected chi connectivity index (χ0v) is 15.2. The minimum absolute atomic E-state index is 0.218. The molecule has 0 spiro atoms. The molecule has 1 saturated heterocycles. The van der Waals surface area contributed by atoms with E-state index in [9.17, 15) is 8.42 Å². The van der Waals surface area contributed by atoms with Crippen LogP contribution >= 0.6 is 0 Å². The minimum Gasteiger partial charge on any atom is -0.357 e. The Hall–Kier alpha value is -0.780. The quantitative estimate of drug-likeness (QED) is 0.502. The number of hydrogen-bond donors (Lipinski definition) is 2. The van der Waals surface area contributed by atoms with Crippen LogP contribution in [0.1, 0.15) is 52.9 Å². The summed E-state index contributed by atoms with van der Waals surface area (Å²) in [4.78, 5) is 4.68. The van der Waals surface area contributed by atoms with Crippen LogP contribution in [0.25, 0.3) is 0 Å². The van der Waals surface area contributed by atoms with Gasteiger partial charge in [0.1, 0.15) is 0 Å². The van der Waals surface area contributed by atoms with Gasteiger partial charge in [0.05, 0.1) is 11.5 Å². The number of hydrogen-bond acceptors (Lipinski definition) is 3. The van der Waals surface area contributed by atoms with Crippen LogP contribution in [0.2, 0.25) is 0 Å². The SMILES string of the molecule is CCCCC(CC)CN=C(NCC)NCC1CCS(=O)(=O)C1. The molecule has 0 aliphatic carbocycles. The summed E-state index contributed by atoms with van der Waals surface area (Å²) >= 11 is 0. The van der Waals surface area contributed by atoms with Crippen LogP contribution in [0.3, 0.4) is 0 Å². The first-order chi connectivity index (χ1) is 10.5. The molecule has 130 valence electrons. The Morgan fingerprint density at radius 2 is 2.05 bits per heavy atom. The minimum atomic E-state index is -2.80. The van der Waals surface area contributed by atoms with Gasteiger partial charge in [0.25, 0.3) is 0 Å². The van der Waals surface area contributed by atoms with Gasteiger partial charge < -0.3 is 10.6 Å². The normalized spacial score (nSPS) is 22.5. The number of nitrogens with zero attached hydrogens (tertiary/aromatic N) is 1. The van der Waals surface area contributed by atoms with Gasteiger partial charge in [-0.25, -0.2) is 8.42 Å². The number of aliphatic imine (C=N–C) groups is 1. The molecule has 1 rings (SSSR count). The van der Waals surface area contributed by atoms with Crippen molar-refractivity contribution in [1.82, 2.24) is 10.6 Å². The van der Waals surface area contributed by atoms with Gasteiger partial charge in [0.15, 0.2) is 15.8 Å². The van der Waals surface area contributed by atoms with E-state index in [0.717, 1.165) is 31.9 Å². The van der Waals surface area contributed by atoms with Crippen molar-refractivity contribution in [3.8, 4) is 0 Å². The largest absolute Gasteiger partial charge is 0.357 e. The lowest BCUT2D eigenvalue weighted by Crippen LogP contribution is -2.40. The third kappa shape index (κ3) is 7.47.